The Hall–Kier alpha value is -2.44. The lowest BCUT2D eigenvalue weighted by molar-refractivity contribution is -0.00784. The predicted octanol–water partition coefficient (Wildman–Crippen LogP) is 4.60. The van der Waals surface area contributed by atoms with Crippen LogP contribution in [-0.4, -0.2) is 38.9 Å². The number of hydrogen-bond donors (Lipinski definition) is 1. The minimum atomic E-state index is -0.856. The molecule has 0 heterocycles. The third kappa shape index (κ3) is 3.94. The number of aryl methyl sites for hydroxylation is 1. The van der Waals surface area contributed by atoms with Gasteiger partial charge in [0.05, 0.1) is 0 Å². The van der Waals surface area contributed by atoms with E-state index in [0.717, 1.165) is 38.5 Å². The fourth-order valence-electron chi connectivity index (χ4n) is 6.01. The van der Waals surface area contributed by atoms with Gasteiger partial charge in [-0.15, -0.1) is 5.92 Å². The Bertz CT molecular complexity index is 1020. The molecule has 4 rings (SSSR count). The molecule has 0 aliphatic heterocycles. The smallest absolute Gasteiger partial charge is 0.125 e. The number of rotatable bonds is 4. The van der Waals surface area contributed by atoms with Crippen LogP contribution >= 0.6 is 0 Å². The minimum Gasteiger partial charge on any atom is -0.378 e. The Morgan fingerprint density at radius 3 is 2.65 bits per heavy atom. The van der Waals surface area contributed by atoms with Gasteiger partial charge in [0.2, 0.25) is 0 Å². The summed E-state index contributed by atoms with van der Waals surface area (Å²) in [5.74, 6) is 6.53. The summed E-state index contributed by atoms with van der Waals surface area (Å²) in [6.45, 7) is 1.84. The Morgan fingerprint density at radius 2 is 1.94 bits per heavy atom. The number of nitrogens with zero attached hydrogens (tertiary/aromatic N) is 2. The van der Waals surface area contributed by atoms with Crippen LogP contribution in [0.15, 0.2) is 36.4 Å². The van der Waals surface area contributed by atoms with Crippen molar-refractivity contribution >= 4 is 11.4 Å². The maximum Gasteiger partial charge on any atom is 0.125 e. The highest BCUT2D eigenvalue weighted by atomic mass is 16.3. The van der Waals surface area contributed by atoms with E-state index < -0.39 is 5.60 Å². The number of aliphatic hydroxyl groups is 1. The summed E-state index contributed by atoms with van der Waals surface area (Å²) in [7, 11) is 8.46. The van der Waals surface area contributed by atoms with Crippen LogP contribution in [-0.2, 0) is 18.3 Å². The highest BCUT2D eigenvalue weighted by Gasteiger charge is 2.52. The highest BCUT2D eigenvalue weighted by Crippen LogP contribution is 2.56. The van der Waals surface area contributed by atoms with E-state index in [9.17, 15) is 5.11 Å². The number of anilines is 2. The third-order valence-corrected chi connectivity index (χ3v) is 7.45. The molecule has 1 fully saturated rings. The molecule has 1 N–H and O–H groups in total. The molecule has 0 aromatic heterocycles. The molecule has 2 aliphatic rings. The van der Waals surface area contributed by atoms with E-state index in [0.29, 0.717) is 5.92 Å². The van der Waals surface area contributed by atoms with Gasteiger partial charge in [0.1, 0.15) is 5.60 Å². The molecule has 0 amide bonds. The lowest BCUT2D eigenvalue weighted by Gasteiger charge is -2.53. The second kappa shape index (κ2) is 8.24. The van der Waals surface area contributed by atoms with Crippen molar-refractivity contribution in [2.45, 2.75) is 56.5 Å². The number of hydrogen-bond acceptors (Lipinski definition) is 3. The first-order valence-corrected chi connectivity index (χ1v) is 11.4. The molecule has 3 nitrogen and oxygen atoms in total. The Morgan fingerprint density at radius 1 is 1.13 bits per heavy atom. The predicted molar refractivity (Wildman–Crippen MR) is 130 cm³/mol. The van der Waals surface area contributed by atoms with Crippen molar-refractivity contribution in [1.82, 2.24) is 0 Å². The van der Waals surface area contributed by atoms with Crippen molar-refractivity contribution < 1.29 is 5.11 Å². The van der Waals surface area contributed by atoms with Crippen molar-refractivity contribution in [3.05, 3.63) is 59.2 Å². The van der Waals surface area contributed by atoms with Crippen LogP contribution in [0.4, 0.5) is 11.4 Å². The minimum absolute atomic E-state index is 0.00880. The van der Waals surface area contributed by atoms with Gasteiger partial charge in [-0.05, 0) is 92.3 Å². The maximum absolute atomic E-state index is 11.2. The van der Waals surface area contributed by atoms with Gasteiger partial charge in [-0.25, -0.2) is 0 Å². The Labute approximate surface area is 188 Å². The average molecular weight is 416 g/mol. The molecule has 3 atom stereocenters. The molecule has 2 aromatic carbocycles. The molecular weight excluding hydrogens is 380 g/mol. The van der Waals surface area contributed by atoms with Crippen molar-refractivity contribution in [2.24, 2.45) is 5.92 Å². The lowest BCUT2D eigenvalue weighted by atomic mass is 9.52. The third-order valence-electron chi connectivity index (χ3n) is 7.45. The van der Waals surface area contributed by atoms with Crippen LogP contribution in [0.3, 0.4) is 0 Å². The van der Waals surface area contributed by atoms with E-state index >= 15 is 0 Å². The first-order valence-electron chi connectivity index (χ1n) is 11.4. The molecule has 163 valence electrons. The van der Waals surface area contributed by atoms with Crippen LogP contribution in [0, 0.1) is 23.8 Å². The number of fused-ring (bicyclic) bond motifs is 3. The van der Waals surface area contributed by atoms with E-state index in [-0.39, 0.29) is 5.41 Å². The van der Waals surface area contributed by atoms with Crippen LogP contribution < -0.4 is 9.80 Å². The molecule has 3 unspecified atom stereocenters. The molecular formula is C28H35N2O. The summed E-state index contributed by atoms with van der Waals surface area (Å²) in [6, 6.07) is 16.7. The molecule has 2 aromatic rings. The first-order chi connectivity index (χ1) is 14.8. The second-order valence-corrected chi connectivity index (χ2v) is 9.88. The number of benzene rings is 2. The average Bonchev–Trinajstić information content (AvgIpc) is 2.74. The summed E-state index contributed by atoms with van der Waals surface area (Å²) in [4.78, 5) is 4.41. The summed E-state index contributed by atoms with van der Waals surface area (Å²) < 4.78 is 0. The molecule has 0 spiro atoms. The Balaban J connectivity index is 1.86. The Kier molecular flexibility index (Phi) is 5.79. The van der Waals surface area contributed by atoms with E-state index in [2.05, 4.69) is 92.3 Å². The van der Waals surface area contributed by atoms with E-state index in [1.807, 2.05) is 6.92 Å². The van der Waals surface area contributed by atoms with Crippen molar-refractivity contribution in [1.29, 1.82) is 0 Å². The van der Waals surface area contributed by atoms with Crippen LogP contribution in [0.5, 0.6) is 0 Å². The first kappa shape index (κ1) is 21.8. The zero-order valence-corrected chi connectivity index (χ0v) is 19.6. The molecule has 1 radical (unpaired) electrons. The van der Waals surface area contributed by atoms with Crippen molar-refractivity contribution in [3.63, 3.8) is 0 Å². The van der Waals surface area contributed by atoms with Gasteiger partial charge in [0, 0.05) is 45.0 Å². The summed E-state index contributed by atoms with van der Waals surface area (Å²) in [5, 5.41) is 11.2. The lowest BCUT2D eigenvalue weighted by Crippen LogP contribution is -2.51. The van der Waals surface area contributed by atoms with Gasteiger partial charge in [-0.2, -0.15) is 0 Å². The molecule has 3 heteroatoms. The van der Waals surface area contributed by atoms with Gasteiger partial charge in [0.25, 0.3) is 0 Å². The van der Waals surface area contributed by atoms with Gasteiger partial charge in [0.15, 0.2) is 0 Å². The van der Waals surface area contributed by atoms with Crippen molar-refractivity contribution in [3.8, 4) is 11.8 Å². The maximum atomic E-state index is 11.2. The monoisotopic (exact) mass is 415 g/mol. The quantitative estimate of drug-likeness (QED) is 0.740. The topological polar surface area (TPSA) is 26.7 Å². The molecule has 2 aliphatic carbocycles. The normalized spacial score (nSPS) is 26.8. The van der Waals surface area contributed by atoms with Gasteiger partial charge >= 0.3 is 0 Å². The standard InChI is InChI=1S/C28H35N2O/c1-6-15-27(31)16-17-28(19-21-9-7-11-24(18-21)29(2)3)23(20-27)14-13-22-10-8-12-25(26(22)28)30(4)5/h7,9-12,18,23,31H,13-14,16-17,19-20H2,1-5H3. The fourth-order valence-corrected chi connectivity index (χ4v) is 6.01. The summed E-state index contributed by atoms with van der Waals surface area (Å²) in [5.41, 5.74) is 5.94. The zero-order chi connectivity index (χ0) is 22.2. The van der Waals surface area contributed by atoms with Crippen LogP contribution in [0.1, 0.15) is 49.3 Å². The fraction of sp³-hybridized carbons (Fsp3) is 0.500. The van der Waals surface area contributed by atoms with E-state index in [1.54, 1.807) is 0 Å². The molecule has 0 bridgehead atoms. The molecule has 1 saturated carbocycles. The molecule has 0 saturated heterocycles. The van der Waals surface area contributed by atoms with E-state index in [4.69, 9.17) is 0 Å². The molecule has 31 heavy (non-hydrogen) atoms. The summed E-state index contributed by atoms with van der Waals surface area (Å²) >= 11 is 0. The van der Waals surface area contributed by atoms with Crippen LogP contribution in [0.2, 0.25) is 0 Å². The van der Waals surface area contributed by atoms with Crippen molar-refractivity contribution in [2.75, 3.05) is 38.0 Å². The van der Waals surface area contributed by atoms with Gasteiger partial charge in [-0.3, -0.25) is 0 Å². The zero-order valence-electron chi connectivity index (χ0n) is 19.6. The van der Waals surface area contributed by atoms with Gasteiger partial charge < -0.3 is 14.9 Å². The van der Waals surface area contributed by atoms with E-state index in [1.165, 1.54) is 28.1 Å². The van der Waals surface area contributed by atoms with Crippen LogP contribution in [0.25, 0.3) is 0 Å². The van der Waals surface area contributed by atoms with Gasteiger partial charge in [-0.1, -0.05) is 24.1 Å². The second-order valence-electron chi connectivity index (χ2n) is 9.88. The highest BCUT2D eigenvalue weighted by molar-refractivity contribution is 5.61. The SMILES string of the molecule is CC#CC1(O)CCC2(Cc3cccc(N(C)C)c3)c3c(c[c]cc3N(C)C)CCC2C1. The summed E-state index contributed by atoms with van der Waals surface area (Å²) in [6.07, 6.45) is 5.57. The largest absolute Gasteiger partial charge is 0.378 e.